The van der Waals surface area contributed by atoms with Crippen molar-refractivity contribution in [3.8, 4) is 0 Å². The van der Waals surface area contributed by atoms with Crippen LogP contribution in [0.3, 0.4) is 0 Å². The number of likely N-dealkylation sites (N-methyl/N-ethyl adjacent to an activating group) is 1. The number of piperidine rings is 2. The van der Waals surface area contributed by atoms with E-state index in [1.165, 1.54) is 0 Å². The number of amides is 2. The van der Waals surface area contributed by atoms with Crippen LogP contribution in [0, 0.1) is 5.41 Å². The molecule has 0 bridgehead atoms. The van der Waals surface area contributed by atoms with Gasteiger partial charge in [0.1, 0.15) is 5.69 Å². The van der Waals surface area contributed by atoms with E-state index in [1.807, 2.05) is 47.2 Å². The van der Waals surface area contributed by atoms with Gasteiger partial charge in [-0.25, -0.2) is 0 Å². The Hall–Kier alpha value is -2.56. The summed E-state index contributed by atoms with van der Waals surface area (Å²) in [7, 11) is 1.91. The van der Waals surface area contributed by atoms with Gasteiger partial charge in [-0.05, 0) is 42.4 Å². The van der Waals surface area contributed by atoms with E-state index in [0.29, 0.717) is 5.69 Å². The van der Waals surface area contributed by atoms with Gasteiger partial charge in [-0.3, -0.25) is 9.59 Å². The number of nitrogens with zero attached hydrogens (tertiary/aromatic N) is 2. The zero-order valence-electron chi connectivity index (χ0n) is 15.1. The summed E-state index contributed by atoms with van der Waals surface area (Å²) in [5, 5.41) is 0. The highest BCUT2D eigenvalue weighted by molar-refractivity contribution is 5.92. The molecule has 0 radical (unpaired) electrons. The normalized spacial score (nSPS) is 22.7. The predicted octanol–water partition coefficient (Wildman–Crippen LogP) is 2.88. The van der Waals surface area contributed by atoms with Crippen LogP contribution in [0.25, 0.3) is 0 Å². The molecule has 26 heavy (non-hydrogen) atoms. The van der Waals surface area contributed by atoms with Crippen molar-refractivity contribution in [1.82, 2.24) is 14.8 Å². The Kier molecular flexibility index (Phi) is 4.31. The number of rotatable bonds is 2. The SMILES string of the molecule is CN1CC2(CCN(C(=O)c3ccc[nH]3)CC2)C[C@H](c2ccccc2)C1=O. The Labute approximate surface area is 154 Å². The fraction of sp³-hybridized carbons (Fsp3) is 0.429. The highest BCUT2D eigenvalue weighted by atomic mass is 16.2. The minimum absolute atomic E-state index is 0.0689. The van der Waals surface area contributed by atoms with Crippen molar-refractivity contribution in [3.05, 3.63) is 59.9 Å². The summed E-state index contributed by atoms with van der Waals surface area (Å²) in [6.45, 7) is 2.29. The third-order valence-corrected chi connectivity index (χ3v) is 6.03. The number of hydrogen-bond acceptors (Lipinski definition) is 2. The molecule has 5 nitrogen and oxygen atoms in total. The van der Waals surface area contributed by atoms with Gasteiger partial charge in [-0.2, -0.15) is 0 Å². The molecule has 2 saturated heterocycles. The number of aromatic nitrogens is 1. The molecule has 1 spiro atoms. The first-order chi connectivity index (χ1) is 12.6. The molecule has 2 aliphatic heterocycles. The number of carbonyl (C=O) groups is 2. The van der Waals surface area contributed by atoms with Crippen LogP contribution in [0.2, 0.25) is 0 Å². The largest absolute Gasteiger partial charge is 0.357 e. The predicted molar refractivity (Wildman–Crippen MR) is 99.8 cm³/mol. The van der Waals surface area contributed by atoms with Crippen molar-refractivity contribution >= 4 is 11.8 Å². The standard InChI is InChI=1S/C21H25N3O2/c1-23-15-21(14-17(19(23)25)16-6-3-2-4-7-16)9-12-24(13-10-21)20(26)18-8-5-11-22-18/h2-8,11,17,22H,9-10,12-15H2,1H3/t17-/m1/s1. The van der Waals surface area contributed by atoms with Crippen LogP contribution in [-0.2, 0) is 4.79 Å². The zero-order valence-corrected chi connectivity index (χ0v) is 15.1. The number of likely N-dealkylation sites (tertiary alicyclic amines) is 2. The van der Waals surface area contributed by atoms with Crippen LogP contribution in [0.4, 0.5) is 0 Å². The number of aromatic amines is 1. The van der Waals surface area contributed by atoms with Gasteiger partial charge in [0.05, 0.1) is 5.92 Å². The number of carbonyl (C=O) groups excluding carboxylic acids is 2. The van der Waals surface area contributed by atoms with Gasteiger partial charge in [0.2, 0.25) is 5.91 Å². The van der Waals surface area contributed by atoms with E-state index in [-0.39, 0.29) is 23.1 Å². The second-order valence-electron chi connectivity index (χ2n) is 7.74. The third kappa shape index (κ3) is 3.02. The van der Waals surface area contributed by atoms with Crippen molar-refractivity contribution in [2.24, 2.45) is 5.41 Å². The highest BCUT2D eigenvalue weighted by Gasteiger charge is 2.45. The lowest BCUT2D eigenvalue weighted by atomic mass is 9.67. The maximum atomic E-state index is 12.7. The van der Waals surface area contributed by atoms with E-state index in [9.17, 15) is 9.59 Å². The van der Waals surface area contributed by atoms with Gasteiger partial charge in [-0.15, -0.1) is 0 Å². The molecule has 0 saturated carbocycles. The maximum Gasteiger partial charge on any atom is 0.270 e. The second-order valence-corrected chi connectivity index (χ2v) is 7.74. The molecule has 1 atom stereocenters. The molecule has 2 amide bonds. The van der Waals surface area contributed by atoms with Gasteiger partial charge in [0.15, 0.2) is 0 Å². The Bertz CT molecular complexity index is 777. The first-order valence-electron chi connectivity index (χ1n) is 9.31. The maximum absolute atomic E-state index is 12.7. The molecule has 1 aromatic heterocycles. The molecular weight excluding hydrogens is 326 g/mol. The summed E-state index contributed by atoms with van der Waals surface area (Å²) in [4.78, 5) is 32.1. The van der Waals surface area contributed by atoms with Gasteiger partial charge < -0.3 is 14.8 Å². The first-order valence-corrected chi connectivity index (χ1v) is 9.31. The van der Waals surface area contributed by atoms with Crippen LogP contribution in [0.5, 0.6) is 0 Å². The Morgan fingerprint density at radius 1 is 1.12 bits per heavy atom. The lowest BCUT2D eigenvalue weighted by Gasteiger charge is -2.49. The summed E-state index contributed by atoms with van der Waals surface area (Å²) < 4.78 is 0. The van der Waals surface area contributed by atoms with E-state index in [4.69, 9.17) is 0 Å². The van der Waals surface area contributed by atoms with Crippen LogP contribution >= 0.6 is 0 Å². The average Bonchev–Trinajstić information content (AvgIpc) is 3.20. The summed E-state index contributed by atoms with van der Waals surface area (Å²) >= 11 is 0. The van der Waals surface area contributed by atoms with Crippen LogP contribution in [0.1, 0.15) is 41.2 Å². The van der Waals surface area contributed by atoms with Gasteiger partial charge in [0.25, 0.3) is 5.91 Å². The average molecular weight is 351 g/mol. The smallest absolute Gasteiger partial charge is 0.270 e. The summed E-state index contributed by atoms with van der Waals surface area (Å²) in [6.07, 6.45) is 4.55. The molecule has 3 heterocycles. The number of H-pyrrole nitrogens is 1. The Balaban J connectivity index is 1.49. The fourth-order valence-electron chi connectivity index (χ4n) is 4.56. The van der Waals surface area contributed by atoms with Gasteiger partial charge in [0, 0.05) is 32.9 Å². The first kappa shape index (κ1) is 16.9. The van der Waals surface area contributed by atoms with Crippen molar-refractivity contribution in [1.29, 1.82) is 0 Å². The van der Waals surface area contributed by atoms with Gasteiger partial charge in [-0.1, -0.05) is 30.3 Å². The number of benzene rings is 1. The molecule has 4 rings (SSSR count). The van der Waals surface area contributed by atoms with E-state index in [2.05, 4.69) is 17.1 Å². The molecule has 2 fully saturated rings. The lowest BCUT2D eigenvalue weighted by molar-refractivity contribution is -0.139. The van der Waals surface area contributed by atoms with E-state index < -0.39 is 0 Å². The molecular formula is C21H25N3O2. The molecule has 136 valence electrons. The molecule has 1 N–H and O–H groups in total. The fourth-order valence-corrected chi connectivity index (χ4v) is 4.56. The second kappa shape index (κ2) is 6.63. The minimum Gasteiger partial charge on any atom is -0.357 e. The number of hydrogen-bond donors (Lipinski definition) is 1. The monoisotopic (exact) mass is 351 g/mol. The molecule has 0 unspecified atom stereocenters. The summed E-state index contributed by atoms with van der Waals surface area (Å²) in [6, 6.07) is 13.8. The van der Waals surface area contributed by atoms with Gasteiger partial charge >= 0.3 is 0 Å². The molecule has 2 aromatic rings. The molecule has 1 aromatic carbocycles. The number of nitrogens with one attached hydrogen (secondary N) is 1. The van der Waals surface area contributed by atoms with Crippen LogP contribution in [-0.4, -0.2) is 53.3 Å². The van der Waals surface area contributed by atoms with Crippen molar-refractivity contribution in [2.75, 3.05) is 26.7 Å². The summed E-state index contributed by atoms with van der Waals surface area (Å²) in [5.74, 6) is 0.219. The molecule has 5 heteroatoms. The topological polar surface area (TPSA) is 56.4 Å². The lowest BCUT2D eigenvalue weighted by Crippen LogP contribution is -2.53. The van der Waals surface area contributed by atoms with Crippen molar-refractivity contribution < 1.29 is 9.59 Å². The Morgan fingerprint density at radius 3 is 2.50 bits per heavy atom. The van der Waals surface area contributed by atoms with E-state index >= 15 is 0 Å². The quantitative estimate of drug-likeness (QED) is 0.904. The molecule has 2 aliphatic rings. The summed E-state index contributed by atoms with van der Waals surface area (Å²) in [5.41, 5.74) is 1.86. The van der Waals surface area contributed by atoms with Crippen LogP contribution < -0.4 is 0 Å². The molecule has 0 aliphatic carbocycles. The van der Waals surface area contributed by atoms with Crippen LogP contribution in [0.15, 0.2) is 48.7 Å². The zero-order chi connectivity index (χ0) is 18.1. The minimum atomic E-state index is -0.0689. The highest BCUT2D eigenvalue weighted by Crippen LogP contribution is 2.45. The van der Waals surface area contributed by atoms with Crippen molar-refractivity contribution in [2.45, 2.75) is 25.2 Å². The Morgan fingerprint density at radius 2 is 1.85 bits per heavy atom. The third-order valence-electron chi connectivity index (χ3n) is 6.03. The van der Waals surface area contributed by atoms with Crippen molar-refractivity contribution in [3.63, 3.8) is 0 Å². The van der Waals surface area contributed by atoms with E-state index in [0.717, 1.165) is 44.5 Å². The van der Waals surface area contributed by atoms with E-state index in [1.54, 1.807) is 6.20 Å².